The van der Waals surface area contributed by atoms with Crippen LogP contribution in [-0.2, 0) is 19.2 Å². The Kier molecular flexibility index (Phi) is 11.1. The Morgan fingerprint density at radius 1 is 0.698 bits per heavy atom. The number of thioether (sulfide) groups is 2. The maximum Gasteiger partial charge on any atom is 0.241 e. The lowest BCUT2D eigenvalue weighted by Gasteiger charge is -2.20. The number of rotatable bonds is 10. The van der Waals surface area contributed by atoms with Crippen LogP contribution in [0.4, 0.5) is 0 Å². The molecule has 0 saturated carbocycles. The third-order valence-electron chi connectivity index (χ3n) is 6.11. The predicted octanol–water partition coefficient (Wildman–Crippen LogP) is 4.32. The standard InChI is InChI=1S/C29H34N6O6S2/c1-18(36)30-28-32-34(20(3)38)26(42-28)22-10-8-12-24(16-22)40-14-6-5-7-15-41-25-13-9-11-23(17-25)27-35(21(4)39)33-29(43-27)31-19(2)37/h8-13,16-17,26-27H,5-7,14-15H2,1-4H3,(H,30,32,36)(H,31,33,37). The van der Waals surface area contributed by atoms with Gasteiger partial charge in [0, 0.05) is 27.7 Å². The van der Waals surface area contributed by atoms with Crippen LogP contribution in [0.2, 0.25) is 0 Å². The van der Waals surface area contributed by atoms with Gasteiger partial charge in [0.25, 0.3) is 0 Å². The van der Waals surface area contributed by atoms with E-state index in [4.69, 9.17) is 9.47 Å². The van der Waals surface area contributed by atoms with Gasteiger partial charge in [0.05, 0.1) is 13.2 Å². The number of amidine groups is 2. The fraction of sp³-hybridized carbons (Fsp3) is 0.379. The van der Waals surface area contributed by atoms with Crippen molar-refractivity contribution < 1.29 is 28.7 Å². The Bertz CT molecular complexity index is 1330. The Morgan fingerprint density at radius 3 is 1.49 bits per heavy atom. The van der Waals surface area contributed by atoms with Crippen molar-refractivity contribution in [2.24, 2.45) is 10.2 Å². The largest absolute Gasteiger partial charge is 0.494 e. The Labute approximate surface area is 258 Å². The first-order valence-electron chi connectivity index (χ1n) is 13.7. The van der Waals surface area contributed by atoms with Crippen molar-refractivity contribution in [3.05, 3.63) is 59.7 Å². The van der Waals surface area contributed by atoms with Crippen LogP contribution in [0, 0.1) is 0 Å². The van der Waals surface area contributed by atoms with Crippen LogP contribution in [0.15, 0.2) is 58.7 Å². The molecule has 2 aromatic rings. The van der Waals surface area contributed by atoms with Gasteiger partial charge in [-0.15, -0.1) is 10.2 Å². The number of nitrogens with one attached hydrogen (secondary N) is 2. The molecule has 2 unspecified atom stereocenters. The number of ether oxygens (including phenoxy) is 2. The molecule has 2 heterocycles. The van der Waals surface area contributed by atoms with E-state index < -0.39 is 0 Å². The molecule has 2 aliphatic rings. The van der Waals surface area contributed by atoms with Crippen LogP contribution in [0.3, 0.4) is 0 Å². The van der Waals surface area contributed by atoms with Gasteiger partial charge in [0.15, 0.2) is 10.3 Å². The van der Waals surface area contributed by atoms with Gasteiger partial charge in [-0.25, -0.2) is 10.0 Å². The zero-order chi connectivity index (χ0) is 30.9. The van der Waals surface area contributed by atoms with Gasteiger partial charge < -0.3 is 20.1 Å². The summed E-state index contributed by atoms with van der Waals surface area (Å²) >= 11 is 2.60. The average molecular weight is 627 g/mol. The number of hydrazone groups is 2. The van der Waals surface area contributed by atoms with Crippen LogP contribution in [0.25, 0.3) is 0 Å². The summed E-state index contributed by atoms with van der Waals surface area (Å²) in [4.78, 5) is 47.1. The van der Waals surface area contributed by atoms with Gasteiger partial charge in [-0.05, 0) is 54.7 Å². The first kappa shape index (κ1) is 31.9. The lowest BCUT2D eigenvalue weighted by molar-refractivity contribution is -0.130. The number of carbonyl (C=O) groups excluding carboxylic acids is 4. The van der Waals surface area contributed by atoms with Gasteiger partial charge in [-0.3, -0.25) is 19.2 Å². The van der Waals surface area contributed by atoms with E-state index in [1.165, 1.54) is 61.2 Å². The molecule has 14 heteroatoms. The fourth-order valence-corrected chi connectivity index (χ4v) is 6.49. The number of benzene rings is 2. The van der Waals surface area contributed by atoms with Crippen molar-refractivity contribution in [3.8, 4) is 11.5 Å². The van der Waals surface area contributed by atoms with E-state index in [0.29, 0.717) is 35.0 Å². The molecule has 0 saturated heterocycles. The van der Waals surface area contributed by atoms with Crippen molar-refractivity contribution in [2.45, 2.75) is 57.7 Å². The van der Waals surface area contributed by atoms with E-state index in [9.17, 15) is 19.2 Å². The smallest absolute Gasteiger partial charge is 0.241 e. The molecule has 4 rings (SSSR count). The second-order valence-corrected chi connectivity index (χ2v) is 11.9. The highest BCUT2D eigenvalue weighted by molar-refractivity contribution is 8.14. The molecule has 228 valence electrons. The second-order valence-electron chi connectivity index (χ2n) is 9.74. The normalized spacial score (nSPS) is 17.7. The van der Waals surface area contributed by atoms with Crippen LogP contribution in [-0.4, -0.2) is 57.2 Å². The number of unbranched alkanes of at least 4 members (excludes halogenated alkanes) is 2. The van der Waals surface area contributed by atoms with Crippen LogP contribution in [0.1, 0.15) is 68.8 Å². The van der Waals surface area contributed by atoms with Gasteiger partial charge in [0.2, 0.25) is 23.6 Å². The third kappa shape index (κ3) is 8.97. The molecule has 0 spiro atoms. The molecule has 2 aliphatic heterocycles. The molecule has 0 aliphatic carbocycles. The van der Waals surface area contributed by atoms with Gasteiger partial charge in [-0.2, -0.15) is 0 Å². The van der Waals surface area contributed by atoms with E-state index in [-0.39, 0.29) is 34.4 Å². The molecule has 0 radical (unpaired) electrons. The van der Waals surface area contributed by atoms with E-state index >= 15 is 0 Å². The number of hydrogen-bond donors (Lipinski definition) is 2. The molecule has 0 bridgehead atoms. The van der Waals surface area contributed by atoms with Crippen molar-refractivity contribution in [2.75, 3.05) is 13.2 Å². The average Bonchev–Trinajstić information content (AvgIpc) is 3.57. The molecule has 0 fully saturated rings. The van der Waals surface area contributed by atoms with Crippen LogP contribution >= 0.6 is 23.5 Å². The summed E-state index contributed by atoms with van der Waals surface area (Å²) < 4.78 is 11.9. The molecule has 12 nitrogen and oxygen atoms in total. The number of amides is 4. The van der Waals surface area contributed by atoms with E-state index in [1.807, 2.05) is 48.5 Å². The SMILES string of the molecule is CC(=O)NC1=NN(C(C)=O)C(c2cccc(OCCCCCOc3cccc(C4SC(NC(C)=O)=NN4C(C)=O)c3)c2)S1. The van der Waals surface area contributed by atoms with Crippen molar-refractivity contribution in [1.82, 2.24) is 20.7 Å². The summed E-state index contributed by atoms with van der Waals surface area (Å²) in [7, 11) is 0. The zero-order valence-corrected chi connectivity index (χ0v) is 26.0. The first-order valence-corrected chi connectivity index (χ1v) is 15.5. The number of hydrogen-bond acceptors (Lipinski definition) is 10. The van der Waals surface area contributed by atoms with Crippen LogP contribution < -0.4 is 20.1 Å². The summed E-state index contributed by atoms with van der Waals surface area (Å²) in [5, 5.41) is 16.5. The van der Waals surface area contributed by atoms with Gasteiger partial charge in [-0.1, -0.05) is 47.8 Å². The Balaban J connectivity index is 1.21. The van der Waals surface area contributed by atoms with E-state index in [1.54, 1.807) is 0 Å². The minimum atomic E-state index is -0.386. The topological polar surface area (TPSA) is 142 Å². The predicted molar refractivity (Wildman–Crippen MR) is 166 cm³/mol. The van der Waals surface area contributed by atoms with E-state index in [0.717, 1.165) is 30.4 Å². The monoisotopic (exact) mass is 626 g/mol. The summed E-state index contributed by atoms with van der Waals surface area (Å²) in [6, 6.07) is 15.0. The second kappa shape index (κ2) is 14.9. The molecular formula is C29H34N6O6S2. The Morgan fingerprint density at radius 2 is 1.12 bits per heavy atom. The molecule has 2 N–H and O–H groups in total. The van der Waals surface area contributed by atoms with Gasteiger partial charge in [0.1, 0.15) is 22.2 Å². The highest BCUT2D eigenvalue weighted by Gasteiger charge is 2.33. The number of carbonyl (C=O) groups is 4. The van der Waals surface area contributed by atoms with Gasteiger partial charge >= 0.3 is 0 Å². The lowest BCUT2D eigenvalue weighted by atomic mass is 10.2. The lowest BCUT2D eigenvalue weighted by Crippen LogP contribution is -2.25. The highest BCUT2D eigenvalue weighted by Crippen LogP contribution is 2.40. The molecule has 0 aromatic heterocycles. The van der Waals surface area contributed by atoms with Crippen LogP contribution in [0.5, 0.6) is 11.5 Å². The summed E-state index contributed by atoms with van der Waals surface area (Å²) in [5.74, 6) is 0.445. The summed E-state index contributed by atoms with van der Waals surface area (Å²) in [5.41, 5.74) is 1.69. The fourth-order valence-electron chi connectivity index (χ4n) is 4.24. The van der Waals surface area contributed by atoms with Crippen molar-refractivity contribution in [1.29, 1.82) is 0 Å². The molecule has 2 atom stereocenters. The zero-order valence-electron chi connectivity index (χ0n) is 24.4. The first-order chi connectivity index (χ1) is 20.6. The molecule has 43 heavy (non-hydrogen) atoms. The van der Waals surface area contributed by atoms with E-state index in [2.05, 4.69) is 20.8 Å². The van der Waals surface area contributed by atoms with Crippen molar-refractivity contribution >= 4 is 57.5 Å². The Hall–Kier alpha value is -4.04. The van der Waals surface area contributed by atoms with Crippen molar-refractivity contribution in [3.63, 3.8) is 0 Å². The maximum absolute atomic E-state index is 12.1. The highest BCUT2D eigenvalue weighted by atomic mass is 32.2. The third-order valence-corrected chi connectivity index (χ3v) is 8.32. The summed E-state index contributed by atoms with van der Waals surface area (Å²) in [6.07, 6.45) is 2.56. The number of nitrogens with zero attached hydrogens (tertiary/aromatic N) is 4. The quantitative estimate of drug-likeness (QED) is 0.372. The summed E-state index contributed by atoms with van der Waals surface area (Å²) in [6.45, 7) is 6.72. The minimum absolute atomic E-state index is 0.223. The minimum Gasteiger partial charge on any atom is -0.494 e. The molecule has 2 aromatic carbocycles. The maximum atomic E-state index is 12.1. The molecular weight excluding hydrogens is 592 g/mol. The molecule has 4 amide bonds.